The van der Waals surface area contributed by atoms with Gasteiger partial charge in [0.25, 0.3) is 0 Å². The van der Waals surface area contributed by atoms with Crippen molar-refractivity contribution in [3.8, 4) is 11.3 Å². The van der Waals surface area contributed by atoms with Crippen LogP contribution in [0.5, 0.6) is 0 Å². The van der Waals surface area contributed by atoms with Gasteiger partial charge in [-0.2, -0.15) is 9.97 Å². The SMILES string of the molecule is Nc1nc(N)c2nc(-c3ccccc3Cl)c(N)nc2n1. The average molecular weight is 288 g/mol. The summed E-state index contributed by atoms with van der Waals surface area (Å²) in [6.45, 7) is 0. The van der Waals surface area contributed by atoms with Gasteiger partial charge >= 0.3 is 0 Å². The molecule has 100 valence electrons. The van der Waals surface area contributed by atoms with Crippen LogP contribution in [0.2, 0.25) is 5.02 Å². The van der Waals surface area contributed by atoms with E-state index < -0.39 is 0 Å². The second-order valence-electron chi connectivity index (χ2n) is 4.08. The van der Waals surface area contributed by atoms with Crippen LogP contribution in [0, 0.1) is 0 Å². The lowest BCUT2D eigenvalue weighted by Gasteiger charge is -2.08. The monoisotopic (exact) mass is 287 g/mol. The number of fused-ring (bicyclic) bond motifs is 1. The summed E-state index contributed by atoms with van der Waals surface area (Å²) in [6, 6.07) is 7.18. The van der Waals surface area contributed by atoms with E-state index in [1.807, 2.05) is 12.1 Å². The molecule has 0 bridgehead atoms. The van der Waals surface area contributed by atoms with Crippen LogP contribution in [-0.4, -0.2) is 19.9 Å². The van der Waals surface area contributed by atoms with Gasteiger partial charge in [-0.15, -0.1) is 0 Å². The highest BCUT2D eigenvalue weighted by atomic mass is 35.5. The first-order chi connectivity index (χ1) is 9.56. The van der Waals surface area contributed by atoms with E-state index in [4.69, 9.17) is 28.8 Å². The smallest absolute Gasteiger partial charge is 0.224 e. The normalized spacial score (nSPS) is 10.8. The molecule has 0 aliphatic rings. The summed E-state index contributed by atoms with van der Waals surface area (Å²) >= 11 is 6.14. The number of hydrogen-bond acceptors (Lipinski definition) is 7. The predicted molar refractivity (Wildman–Crippen MR) is 78.8 cm³/mol. The number of anilines is 3. The Balaban J connectivity index is 2.33. The van der Waals surface area contributed by atoms with Crippen molar-refractivity contribution in [2.75, 3.05) is 17.2 Å². The maximum Gasteiger partial charge on any atom is 0.224 e. The summed E-state index contributed by atoms with van der Waals surface area (Å²) in [5, 5.41) is 0.516. The summed E-state index contributed by atoms with van der Waals surface area (Å²) in [4.78, 5) is 16.3. The molecular weight excluding hydrogens is 278 g/mol. The number of rotatable bonds is 1. The van der Waals surface area contributed by atoms with Crippen molar-refractivity contribution >= 4 is 40.3 Å². The molecule has 0 unspecified atom stereocenters. The van der Waals surface area contributed by atoms with Gasteiger partial charge in [0.15, 0.2) is 22.8 Å². The summed E-state index contributed by atoms with van der Waals surface area (Å²) in [6.07, 6.45) is 0. The van der Waals surface area contributed by atoms with Crippen LogP contribution in [0.25, 0.3) is 22.4 Å². The summed E-state index contributed by atoms with van der Waals surface area (Å²) in [5.41, 5.74) is 18.9. The Bertz CT molecular complexity index is 818. The largest absolute Gasteiger partial charge is 0.382 e. The van der Waals surface area contributed by atoms with Crippen molar-refractivity contribution in [2.45, 2.75) is 0 Å². The Morgan fingerprint density at radius 1 is 0.850 bits per heavy atom. The molecule has 1 aromatic carbocycles. The van der Waals surface area contributed by atoms with E-state index in [9.17, 15) is 0 Å². The predicted octanol–water partition coefficient (Wildman–Crippen LogP) is 1.49. The molecule has 0 radical (unpaired) electrons. The second-order valence-corrected chi connectivity index (χ2v) is 4.48. The Kier molecular flexibility index (Phi) is 2.76. The molecule has 3 rings (SSSR count). The van der Waals surface area contributed by atoms with Crippen molar-refractivity contribution in [3.63, 3.8) is 0 Å². The molecule has 0 spiro atoms. The molecular formula is C12H10ClN7. The third kappa shape index (κ3) is 1.94. The Hall–Kier alpha value is -2.67. The van der Waals surface area contributed by atoms with E-state index >= 15 is 0 Å². The van der Waals surface area contributed by atoms with Gasteiger partial charge in [0.05, 0.1) is 5.02 Å². The molecule has 8 heteroatoms. The molecule has 0 aliphatic heterocycles. The fourth-order valence-corrected chi connectivity index (χ4v) is 2.08. The molecule has 7 nitrogen and oxygen atoms in total. The zero-order valence-electron chi connectivity index (χ0n) is 10.2. The van der Waals surface area contributed by atoms with Crippen molar-refractivity contribution in [2.24, 2.45) is 0 Å². The van der Waals surface area contributed by atoms with Crippen LogP contribution in [0.3, 0.4) is 0 Å². The number of nitrogens with two attached hydrogens (primary N) is 3. The number of benzene rings is 1. The fraction of sp³-hybridized carbons (Fsp3) is 0. The van der Waals surface area contributed by atoms with Crippen LogP contribution in [0.15, 0.2) is 24.3 Å². The summed E-state index contributed by atoms with van der Waals surface area (Å²) in [5.74, 6) is 0.366. The third-order valence-electron chi connectivity index (χ3n) is 2.73. The van der Waals surface area contributed by atoms with Gasteiger partial charge < -0.3 is 17.2 Å². The zero-order valence-corrected chi connectivity index (χ0v) is 11.0. The third-order valence-corrected chi connectivity index (χ3v) is 3.06. The first kappa shape index (κ1) is 12.4. The topological polar surface area (TPSA) is 130 Å². The lowest BCUT2D eigenvalue weighted by Crippen LogP contribution is -2.06. The van der Waals surface area contributed by atoms with Gasteiger partial charge in [0, 0.05) is 5.56 Å². The second kappa shape index (κ2) is 4.46. The highest BCUT2D eigenvalue weighted by Gasteiger charge is 2.14. The molecule has 0 atom stereocenters. The van der Waals surface area contributed by atoms with Gasteiger partial charge in [0.1, 0.15) is 5.69 Å². The maximum atomic E-state index is 6.14. The standard InChI is InChI=1S/C12H10ClN7/c13-6-4-2-1-3-5(6)7-9(14)18-11-8(17-7)10(15)19-12(16)20-11/h1-4H,(H6,14,15,16,18,19,20). The van der Waals surface area contributed by atoms with Gasteiger partial charge in [0.2, 0.25) is 5.95 Å². The quantitative estimate of drug-likeness (QED) is 0.618. The minimum Gasteiger partial charge on any atom is -0.382 e. The molecule has 20 heavy (non-hydrogen) atoms. The van der Waals surface area contributed by atoms with E-state index in [1.165, 1.54) is 0 Å². The lowest BCUT2D eigenvalue weighted by molar-refractivity contribution is 1.17. The van der Waals surface area contributed by atoms with Crippen LogP contribution >= 0.6 is 11.6 Å². The Labute approximate surface area is 118 Å². The highest BCUT2D eigenvalue weighted by Crippen LogP contribution is 2.31. The summed E-state index contributed by atoms with van der Waals surface area (Å²) in [7, 11) is 0. The fourth-order valence-electron chi connectivity index (χ4n) is 1.85. The van der Waals surface area contributed by atoms with E-state index in [0.717, 1.165) is 0 Å². The number of nitrogens with zero attached hydrogens (tertiary/aromatic N) is 4. The van der Waals surface area contributed by atoms with Crippen molar-refractivity contribution in [3.05, 3.63) is 29.3 Å². The van der Waals surface area contributed by atoms with Crippen LogP contribution in [0.4, 0.5) is 17.6 Å². The molecule has 3 aromatic rings. The minimum absolute atomic E-state index is 0.0224. The lowest BCUT2D eigenvalue weighted by atomic mass is 10.1. The van der Waals surface area contributed by atoms with Crippen molar-refractivity contribution in [1.29, 1.82) is 0 Å². The number of hydrogen-bond donors (Lipinski definition) is 3. The number of aromatic nitrogens is 4. The van der Waals surface area contributed by atoms with Gasteiger partial charge in [-0.25, -0.2) is 9.97 Å². The Morgan fingerprint density at radius 3 is 2.35 bits per heavy atom. The molecule has 2 aromatic heterocycles. The molecule has 6 N–H and O–H groups in total. The van der Waals surface area contributed by atoms with E-state index in [2.05, 4.69) is 19.9 Å². The summed E-state index contributed by atoms with van der Waals surface area (Å²) < 4.78 is 0. The van der Waals surface area contributed by atoms with Crippen LogP contribution in [0.1, 0.15) is 0 Å². The van der Waals surface area contributed by atoms with Crippen LogP contribution in [-0.2, 0) is 0 Å². The van der Waals surface area contributed by atoms with E-state index in [1.54, 1.807) is 12.1 Å². The molecule has 0 fully saturated rings. The van der Waals surface area contributed by atoms with Crippen LogP contribution < -0.4 is 17.2 Å². The van der Waals surface area contributed by atoms with E-state index in [-0.39, 0.29) is 23.2 Å². The minimum atomic E-state index is 0.0224. The Morgan fingerprint density at radius 2 is 1.60 bits per heavy atom. The average Bonchev–Trinajstić information content (AvgIpc) is 2.39. The first-order valence-electron chi connectivity index (χ1n) is 5.67. The van der Waals surface area contributed by atoms with Gasteiger partial charge in [-0.3, -0.25) is 0 Å². The van der Waals surface area contributed by atoms with Crippen molar-refractivity contribution < 1.29 is 0 Å². The van der Waals surface area contributed by atoms with Crippen molar-refractivity contribution in [1.82, 2.24) is 19.9 Å². The number of nitrogen functional groups attached to an aromatic ring is 3. The highest BCUT2D eigenvalue weighted by molar-refractivity contribution is 6.33. The first-order valence-corrected chi connectivity index (χ1v) is 6.05. The van der Waals surface area contributed by atoms with Gasteiger partial charge in [-0.1, -0.05) is 29.8 Å². The maximum absolute atomic E-state index is 6.14. The molecule has 2 heterocycles. The number of halogens is 1. The van der Waals surface area contributed by atoms with Gasteiger partial charge in [-0.05, 0) is 6.07 Å². The molecule has 0 aliphatic carbocycles. The van der Waals surface area contributed by atoms with E-state index in [0.29, 0.717) is 21.8 Å². The molecule has 0 amide bonds. The molecule has 0 saturated heterocycles. The molecule has 0 saturated carbocycles. The zero-order chi connectivity index (χ0) is 14.3.